The molecule has 114 valence electrons. The molecule has 0 saturated carbocycles. The fourth-order valence-electron chi connectivity index (χ4n) is 3.11. The van der Waals surface area contributed by atoms with Crippen LogP contribution in [0.2, 0.25) is 0 Å². The van der Waals surface area contributed by atoms with Crippen LogP contribution in [0, 0.1) is 6.92 Å². The van der Waals surface area contributed by atoms with Gasteiger partial charge in [0.15, 0.2) is 0 Å². The Bertz CT molecular complexity index is 692. The van der Waals surface area contributed by atoms with E-state index in [9.17, 15) is 9.59 Å². The van der Waals surface area contributed by atoms with Crippen molar-refractivity contribution in [3.63, 3.8) is 0 Å². The molecule has 0 saturated heterocycles. The fraction of sp³-hybridized carbons (Fsp3) is 0.333. The molecule has 0 N–H and O–H groups in total. The first-order valence-corrected chi connectivity index (χ1v) is 8.44. The van der Waals surface area contributed by atoms with Crippen LogP contribution in [-0.4, -0.2) is 23.6 Å². The Labute approximate surface area is 134 Å². The van der Waals surface area contributed by atoms with E-state index in [4.69, 9.17) is 0 Å². The van der Waals surface area contributed by atoms with Gasteiger partial charge in [0.2, 0.25) is 5.91 Å². The average molecular weight is 313 g/mol. The van der Waals surface area contributed by atoms with Crippen LogP contribution in [0.4, 0.5) is 0 Å². The molecule has 0 spiro atoms. The first-order chi connectivity index (χ1) is 10.7. The van der Waals surface area contributed by atoms with Gasteiger partial charge in [-0.15, -0.1) is 11.3 Å². The minimum Gasteiger partial charge on any atom is -0.331 e. The molecule has 0 bridgehead atoms. The minimum absolute atomic E-state index is 0.0194. The largest absolute Gasteiger partial charge is 0.331 e. The summed E-state index contributed by atoms with van der Waals surface area (Å²) in [4.78, 5) is 26.4. The van der Waals surface area contributed by atoms with Gasteiger partial charge in [0, 0.05) is 24.3 Å². The third-order valence-corrected chi connectivity index (χ3v) is 5.12. The van der Waals surface area contributed by atoms with Crippen molar-refractivity contribution in [1.29, 1.82) is 0 Å². The van der Waals surface area contributed by atoms with Gasteiger partial charge in [0.1, 0.15) is 6.29 Å². The Morgan fingerprint density at radius 1 is 1.41 bits per heavy atom. The molecule has 1 unspecified atom stereocenters. The Kier molecular flexibility index (Phi) is 4.39. The first-order valence-electron chi connectivity index (χ1n) is 7.56. The van der Waals surface area contributed by atoms with E-state index in [-0.39, 0.29) is 11.9 Å². The quantitative estimate of drug-likeness (QED) is 0.810. The molecule has 2 heterocycles. The van der Waals surface area contributed by atoms with Gasteiger partial charge in [-0.2, -0.15) is 0 Å². The van der Waals surface area contributed by atoms with Crippen molar-refractivity contribution in [1.82, 2.24) is 4.90 Å². The van der Waals surface area contributed by atoms with Crippen molar-refractivity contribution in [2.75, 3.05) is 6.54 Å². The Balaban J connectivity index is 1.99. The zero-order valence-electron chi connectivity index (χ0n) is 12.6. The molecular formula is C18H19NO2S. The number of thiophene rings is 1. The van der Waals surface area contributed by atoms with Crippen LogP contribution in [0.5, 0.6) is 0 Å². The predicted octanol–water partition coefficient (Wildman–Crippen LogP) is 3.51. The topological polar surface area (TPSA) is 37.4 Å². The highest BCUT2D eigenvalue weighted by Gasteiger charge is 2.32. The summed E-state index contributed by atoms with van der Waals surface area (Å²) >= 11 is 1.77. The van der Waals surface area contributed by atoms with Gasteiger partial charge in [0.25, 0.3) is 0 Å². The lowest BCUT2D eigenvalue weighted by molar-refractivity contribution is -0.134. The smallest absolute Gasteiger partial charge is 0.223 e. The molecule has 2 aromatic rings. The van der Waals surface area contributed by atoms with Gasteiger partial charge < -0.3 is 9.69 Å². The standard InChI is InChI=1S/C18H19NO2S/c1-13-4-2-5-14(12-13)18-15-8-11-22-16(15)7-9-19(18)17(21)6-3-10-20/h2,4-5,8,10-12,18H,3,6-7,9H2,1H3. The molecule has 4 heteroatoms. The summed E-state index contributed by atoms with van der Waals surface area (Å²) in [6, 6.07) is 10.5. The molecule has 22 heavy (non-hydrogen) atoms. The van der Waals surface area contributed by atoms with E-state index in [1.165, 1.54) is 16.0 Å². The number of fused-ring (bicyclic) bond motifs is 1. The Morgan fingerprint density at radius 2 is 2.27 bits per heavy atom. The summed E-state index contributed by atoms with van der Waals surface area (Å²) in [5, 5.41) is 2.10. The Morgan fingerprint density at radius 3 is 3.05 bits per heavy atom. The maximum atomic E-state index is 12.5. The normalized spacial score (nSPS) is 17.1. The number of nitrogens with zero attached hydrogens (tertiary/aromatic N) is 1. The molecule has 0 radical (unpaired) electrons. The molecule has 1 amide bonds. The summed E-state index contributed by atoms with van der Waals surface area (Å²) in [5.41, 5.74) is 3.58. The van der Waals surface area contributed by atoms with Crippen molar-refractivity contribution >= 4 is 23.5 Å². The van der Waals surface area contributed by atoms with Crippen molar-refractivity contribution < 1.29 is 9.59 Å². The second-order valence-electron chi connectivity index (χ2n) is 5.66. The van der Waals surface area contributed by atoms with E-state index < -0.39 is 0 Å². The van der Waals surface area contributed by atoms with Crippen molar-refractivity contribution in [2.45, 2.75) is 32.2 Å². The maximum absolute atomic E-state index is 12.5. The molecule has 1 aliphatic rings. The monoisotopic (exact) mass is 313 g/mol. The third-order valence-electron chi connectivity index (χ3n) is 4.12. The molecule has 1 atom stereocenters. The van der Waals surface area contributed by atoms with E-state index in [1.54, 1.807) is 11.3 Å². The molecule has 1 aromatic carbocycles. The van der Waals surface area contributed by atoms with Crippen molar-refractivity contribution in [2.24, 2.45) is 0 Å². The number of aryl methyl sites for hydroxylation is 1. The van der Waals surface area contributed by atoms with Crippen LogP contribution in [0.1, 0.15) is 40.5 Å². The fourth-order valence-corrected chi connectivity index (χ4v) is 4.01. The van der Waals surface area contributed by atoms with E-state index >= 15 is 0 Å². The number of benzene rings is 1. The number of amides is 1. The van der Waals surface area contributed by atoms with Gasteiger partial charge in [-0.05, 0) is 35.9 Å². The molecular weight excluding hydrogens is 294 g/mol. The number of aldehydes is 1. The number of hydrogen-bond donors (Lipinski definition) is 0. The molecule has 3 rings (SSSR count). The number of carbonyl (C=O) groups excluding carboxylic acids is 2. The predicted molar refractivity (Wildman–Crippen MR) is 88.1 cm³/mol. The number of hydrogen-bond acceptors (Lipinski definition) is 3. The third kappa shape index (κ3) is 2.83. The molecule has 1 aliphatic heterocycles. The second-order valence-corrected chi connectivity index (χ2v) is 6.66. The number of rotatable bonds is 4. The molecule has 0 fully saturated rings. The minimum atomic E-state index is -0.0194. The number of carbonyl (C=O) groups is 2. The van der Waals surface area contributed by atoms with Crippen LogP contribution < -0.4 is 0 Å². The van der Waals surface area contributed by atoms with E-state index in [0.717, 1.165) is 24.8 Å². The van der Waals surface area contributed by atoms with E-state index in [1.807, 2.05) is 11.0 Å². The summed E-state index contributed by atoms with van der Waals surface area (Å²) < 4.78 is 0. The van der Waals surface area contributed by atoms with Gasteiger partial charge in [0.05, 0.1) is 6.04 Å². The maximum Gasteiger partial charge on any atom is 0.223 e. The molecule has 1 aromatic heterocycles. The van der Waals surface area contributed by atoms with Crippen LogP contribution in [0.25, 0.3) is 0 Å². The average Bonchev–Trinajstić information content (AvgIpc) is 3.00. The van der Waals surface area contributed by atoms with Gasteiger partial charge in [-0.3, -0.25) is 4.79 Å². The highest BCUT2D eigenvalue weighted by Crippen LogP contribution is 2.38. The van der Waals surface area contributed by atoms with Crippen LogP contribution >= 0.6 is 11.3 Å². The lowest BCUT2D eigenvalue weighted by Gasteiger charge is -2.36. The van der Waals surface area contributed by atoms with Crippen molar-refractivity contribution in [3.8, 4) is 0 Å². The second kappa shape index (κ2) is 6.44. The van der Waals surface area contributed by atoms with Crippen LogP contribution in [0.15, 0.2) is 35.7 Å². The van der Waals surface area contributed by atoms with Crippen LogP contribution in [0.3, 0.4) is 0 Å². The van der Waals surface area contributed by atoms with Crippen LogP contribution in [-0.2, 0) is 16.0 Å². The lowest BCUT2D eigenvalue weighted by atomic mass is 9.92. The SMILES string of the molecule is Cc1cccc(C2c3ccsc3CCN2C(=O)CCC=O)c1. The van der Waals surface area contributed by atoms with Gasteiger partial charge in [-0.25, -0.2) is 0 Å². The van der Waals surface area contributed by atoms with E-state index in [0.29, 0.717) is 12.8 Å². The Hall–Kier alpha value is -1.94. The zero-order valence-corrected chi connectivity index (χ0v) is 13.4. The zero-order chi connectivity index (χ0) is 15.5. The van der Waals surface area contributed by atoms with Gasteiger partial charge >= 0.3 is 0 Å². The lowest BCUT2D eigenvalue weighted by Crippen LogP contribution is -2.40. The summed E-state index contributed by atoms with van der Waals surface area (Å²) in [7, 11) is 0. The van der Waals surface area contributed by atoms with Crippen molar-refractivity contribution in [3.05, 3.63) is 57.3 Å². The first kappa shape index (κ1) is 15.0. The highest BCUT2D eigenvalue weighted by molar-refractivity contribution is 7.10. The summed E-state index contributed by atoms with van der Waals surface area (Å²) in [6.45, 7) is 2.79. The summed E-state index contributed by atoms with van der Waals surface area (Å²) in [6.07, 6.45) is 2.32. The summed E-state index contributed by atoms with van der Waals surface area (Å²) in [5.74, 6) is 0.0652. The van der Waals surface area contributed by atoms with E-state index in [2.05, 4.69) is 36.6 Å². The molecule has 3 nitrogen and oxygen atoms in total. The van der Waals surface area contributed by atoms with Gasteiger partial charge in [-0.1, -0.05) is 29.8 Å². The molecule has 0 aliphatic carbocycles. The highest BCUT2D eigenvalue weighted by atomic mass is 32.1.